The summed E-state index contributed by atoms with van der Waals surface area (Å²) in [6.07, 6.45) is 5.47. The van der Waals surface area contributed by atoms with Gasteiger partial charge < -0.3 is 5.11 Å². The topological polar surface area (TPSA) is 140 Å². The first kappa shape index (κ1) is 45.9. The molecule has 0 heterocycles. The van der Waals surface area contributed by atoms with Crippen molar-refractivity contribution >= 4 is 0 Å². The maximum atomic E-state index is 10.5. The van der Waals surface area contributed by atoms with Crippen LogP contribution in [0.15, 0.2) is 60.7 Å². The molecule has 9 heteroatoms. The molecule has 0 aliphatic heterocycles. The fourth-order valence-electron chi connectivity index (χ4n) is 1.69. The summed E-state index contributed by atoms with van der Waals surface area (Å²) >= 11 is 0. The normalized spacial score (nSPS) is 6.13. The molecule has 0 spiro atoms. The zero-order valence-corrected chi connectivity index (χ0v) is 17.0. The van der Waals surface area contributed by atoms with E-state index in [9.17, 15) is 5.11 Å². The molecule has 0 aromatic heterocycles. The van der Waals surface area contributed by atoms with E-state index in [2.05, 4.69) is 45.8 Å². The van der Waals surface area contributed by atoms with Crippen molar-refractivity contribution in [2.24, 2.45) is 0 Å². The Hall–Kier alpha value is -2.59. The summed E-state index contributed by atoms with van der Waals surface area (Å²) in [5.41, 5.74) is 0.0788. The van der Waals surface area contributed by atoms with Crippen LogP contribution < -0.4 is 0 Å². The Morgan fingerprint density at radius 2 is 0.767 bits per heavy atom. The summed E-state index contributed by atoms with van der Waals surface area (Å²) in [5.74, 6) is 2.47. The van der Waals surface area contributed by atoms with Gasteiger partial charge in [0, 0.05) is 44.7 Å². The second-order valence-electron chi connectivity index (χ2n) is 3.59. The van der Waals surface area contributed by atoms with Gasteiger partial charge in [-0.05, 0) is 0 Å². The molecule has 2 aromatic carbocycles. The molecule has 30 heavy (non-hydrogen) atoms. The largest absolute Gasteiger partial charge is 0 e. The first-order valence-electron chi connectivity index (χ1n) is 6.31. The summed E-state index contributed by atoms with van der Waals surface area (Å²) in [5, 5.41) is 10.5. The van der Waals surface area contributed by atoms with E-state index in [1.54, 1.807) is 0 Å². The molecule has 2 aromatic rings. The third kappa shape index (κ3) is 18.8. The van der Waals surface area contributed by atoms with Crippen LogP contribution in [0.3, 0.4) is 0 Å². The molecule has 0 aliphatic rings. The van der Waals surface area contributed by atoms with E-state index in [1.807, 2.05) is 60.7 Å². The van der Waals surface area contributed by atoms with Gasteiger partial charge in [-0.25, -0.2) is 0 Å². The Morgan fingerprint density at radius 3 is 0.933 bits per heavy atom. The van der Waals surface area contributed by atoms with Crippen LogP contribution in [0.5, 0.6) is 0 Å². The van der Waals surface area contributed by atoms with Gasteiger partial charge in [0.2, 0.25) is 0 Å². The van der Waals surface area contributed by atoms with Gasteiger partial charge in [-0.3, -0.25) is 0 Å². The molecule has 0 atom stereocenters. The van der Waals surface area contributed by atoms with Crippen LogP contribution in [0.2, 0.25) is 0 Å². The third-order valence-corrected chi connectivity index (χ3v) is 2.59. The van der Waals surface area contributed by atoms with E-state index in [4.69, 9.17) is 34.3 Å². The number of hydrogen-bond acceptors (Lipinski definition) is 1. The molecule has 0 saturated heterocycles. The number of benzene rings is 2. The first-order valence-corrected chi connectivity index (χ1v) is 6.31. The predicted molar refractivity (Wildman–Crippen MR) is 88.3 cm³/mol. The van der Waals surface area contributed by atoms with Crippen LogP contribution in [0.1, 0.15) is 11.1 Å². The van der Waals surface area contributed by atoms with Crippen molar-refractivity contribution in [1.29, 1.82) is 0 Å². The minimum Gasteiger partial charge on any atom is 0 e. The fourth-order valence-corrected chi connectivity index (χ4v) is 1.69. The molecule has 2 radical (unpaired) electrons. The Morgan fingerprint density at radius 1 is 0.567 bits per heavy atom. The molecule has 0 saturated carbocycles. The second-order valence-corrected chi connectivity index (χ2v) is 3.59. The Labute approximate surface area is 196 Å². The molecular formula is C21H12Co2O7. The van der Waals surface area contributed by atoms with Gasteiger partial charge in [-0.2, -0.15) is 0 Å². The monoisotopic (exact) mass is 494 g/mol. The number of aliphatic hydroxyl groups is 1. The average molecular weight is 494 g/mol. The molecule has 0 bridgehead atoms. The van der Waals surface area contributed by atoms with Crippen molar-refractivity contribution in [2.45, 2.75) is 5.60 Å². The molecule has 0 fully saturated rings. The minimum atomic E-state index is -1.34. The quantitative estimate of drug-likeness (QED) is 0.382. The standard InChI is InChI=1S/C15H12O.6CO.2Co/c1-2-15(16,13-9-5-3-6-10-13)14-11-7-4-8-12-14;6*1-2;;/h1,3-12,16H;;;;;;;;. The SMILES string of the molecule is C#CC(O)(c1ccccc1)c1ccccc1.[C-]#[O+].[C-]#[O+].[C-]#[O+].[C-]#[O+].[C-]#[O+].[C-]#[O+].[Co].[Co]. The van der Waals surface area contributed by atoms with Gasteiger partial charge in [-0.15, -0.1) is 6.42 Å². The fraction of sp³-hybridized carbons (Fsp3) is 0.0476. The molecule has 0 amide bonds. The van der Waals surface area contributed by atoms with Crippen molar-refractivity contribution in [3.63, 3.8) is 0 Å². The van der Waals surface area contributed by atoms with Gasteiger partial charge in [0.1, 0.15) is 0 Å². The molecule has 1 N–H and O–H groups in total. The molecule has 0 aliphatic carbocycles. The van der Waals surface area contributed by atoms with E-state index < -0.39 is 5.60 Å². The minimum absolute atomic E-state index is 0. The maximum absolute atomic E-state index is 10.5. The third-order valence-electron chi connectivity index (χ3n) is 2.59. The van der Waals surface area contributed by atoms with Crippen molar-refractivity contribution in [3.05, 3.63) is 112 Å². The van der Waals surface area contributed by atoms with Gasteiger partial charge in [0.25, 0.3) is 0 Å². The van der Waals surface area contributed by atoms with E-state index in [-0.39, 0.29) is 33.6 Å². The predicted octanol–water partition coefficient (Wildman–Crippen LogP) is 2.33. The van der Waals surface area contributed by atoms with E-state index in [0.29, 0.717) is 11.1 Å². The second kappa shape index (κ2) is 40.9. The Bertz CT molecular complexity index is 670. The molecule has 7 nitrogen and oxygen atoms in total. The van der Waals surface area contributed by atoms with E-state index >= 15 is 0 Å². The zero-order valence-electron chi connectivity index (χ0n) is 14.9. The van der Waals surface area contributed by atoms with Crippen LogP contribution in [0.25, 0.3) is 0 Å². The number of hydrogen-bond donors (Lipinski definition) is 1. The van der Waals surface area contributed by atoms with Gasteiger partial charge in [0.15, 0.2) is 5.60 Å². The summed E-state index contributed by atoms with van der Waals surface area (Å²) in [6, 6.07) is 18.5. The van der Waals surface area contributed by atoms with E-state index in [0.717, 1.165) is 0 Å². The summed E-state index contributed by atoms with van der Waals surface area (Å²) < 4.78 is 45.0. The summed E-state index contributed by atoms with van der Waals surface area (Å²) in [7, 11) is 0. The van der Waals surface area contributed by atoms with Crippen molar-refractivity contribution < 1.29 is 66.6 Å². The van der Waals surface area contributed by atoms with Gasteiger partial charge in [0.05, 0.1) is 0 Å². The van der Waals surface area contributed by atoms with Crippen molar-refractivity contribution in [2.75, 3.05) is 0 Å². The van der Waals surface area contributed by atoms with E-state index in [1.165, 1.54) is 0 Å². The first-order chi connectivity index (χ1) is 13.8. The Kier molecular flexibility index (Phi) is 62.6. The van der Waals surface area contributed by atoms with Crippen LogP contribution in [-0.2, 0) is 67.1 Å². The molecule has 0 unspecified atom stereocenters. The van der Waals surface area contributed by atoms with Crippen molar-refractivity contribution in [1.82, 2.24) is 0 Å². The van der Waals surface area contributed by atoms with Crippen LogP contribution in [-0.4, -0.2) is 5.11 Å². The van der Waals surface area contributed by atoms with Crippen molar-refractivity contribution in [3.8, 4) is 12.3 Å². The average Bonchev–Trinajstić information content (AvgIpc) is 2.87. The van der Waals surface area contributed by atoms with Gasteiger partial charge in [-0.1, -0.05) is 66.6 Å². The molecular weight excluding hydrogens is 482 g/mol. The zero-order chi connectivity index (χ0) is 23.4. The molecule has 156 valence electrons. The summed E-state index contributed by atoms with van der Waals surface area (Å²) in [6.45, 7) is 27.0. The Balaban J connectivity index is -0.0000000657. The van der Waals surface area contributed by atoms with Crippen LogP contribution in [0.4, 0.5) is 0 Å². The number of rotatable bonds is 2. The molecule has 2 rings (SSSR count). The maximum Gasteiger partial charge on any atom is 0 e. The van der Waals surface area contributed by atoms with Crippen LogP contribution in [0, 0.1) is 52.2 Å². The number of terminal acetylenes is 1. The van der Waals surface area contributed by atoms with Gasteiger partial charge >= 0.3 is 67.8 Å². The summed E-state index contributed by atoms with van der Waals surface area (Å²) in [4.78, 5) is 0. The van der Waals surface area contributed by atoms with Crippen LogP contribution >= 0.6 is 0 Å². The smallest absolute Gasteiger partial charge is 0 e.